The second kappa shape index (κ2) is 15.6. The number of fused-ring (bicyclic) bond motifs is 3. The number of imidazole rings is 2. The highest BCUT2D eigenvalue weighted by atomic mass is 16.4. The van der Waals surface area contributed by atoms with Crippen molar-refractivity contribution in [2.24, 2.45) is 22.9 Å². The van der Waals surface area contributed by atoms with Crippen LogP contribution in [0.15, 0.2) is 132 Å². The number of amidine groups is 4. The van der Waals surface area contributed by atoms with Crippen LogP contribution in [-0.2, 0) is 12.8 Å². The van der Waals surface area contributed by atoms with Crippen LogP contribution >= 0.6 is 0 Å². The van der Waals surface area contributed by atoms with E-state index >= 15 is 0 Å². The molecule has 3 heterocycles. The molecule has 0 radical (unpaired) electrons. The highest BCUT2D eigenvalue weighted by Crippen LogP contribution is 2.29. The number of nitrogens with two attached hydrogens (primary N) is 4. The molecule has 14 nitrogen and oxygen atoms in total. The molecule has 59 heavy (non-hydrogen) atoms. The summed E-state index contributed by atoms with van der Waals surface area (Å²) in [4.78, 5) is 20.4. The van der Waals surface area contributed by atoms with Gasteiger partial charge in [-0.1, -0.05) is 72.8 Å². The number of hydrogen-bond acceptors (Lipinski definition) is 8. The molecule has 0 aliphatic carbocycles. The highest BCUT2D eigenvalue weighted by molar-refractivity contribution is 6.00. The van der Waals surface area contributed by atoms with Crippen LogP contribution in [0, 0.1) is 21.6 Å². The first-order valence-corrected chi connectivity index (χ1v) is 18.5. The first-order valence-electron chi connectivity index (χ1n) is 18.5. The number of oxazole rings is 1. The first-order chi connectivity index (χ1) is 28.5. The molecule has 0 saturated heterocycles. The minimum atomic E-state index is 0.0308. The van der Waals surface area contributed by atoms with Gasteiger partial charge in [-0.2, -0.15) is 0 Å². The van der Waals surface area contributed by atoms with E-state index in [-0.39, 0.29) is 23.3 Å². The minimum absolute atomic E-state index is 0.0308. The van der Waals surface area contributed by atoms with Gasteiger partial charge in [0.1, 0.15) is 35.0 Å². The molecular formula is C45H39N13O. The number of rotatable bonds is 10. The van der Waals surface area contributed by atoms with Gasteiger partial charge in [-0.15, -0.1) is 0 Å². The fourth-order valence-corrected chi connectivity index (χ4v) is 6.64. The highest BCUT2D eigenvalue weighted by Gasteiger charge is 2.12. The lowest BCUT2D eigenvalue weighted by molar-refractivity contribution is 0.505. The zero-order valence-corrected chi connectivity index (χ0v) is 31.6. The fraction of sp³-hybridized carbons (Fsp3) is 0.0444. The maximum absolute atomic E-state index is 7.63. The molecule has 290 valence electrons. The molecule has 9 rings (SSSR count). The number of benzene rings is 6. The molecule has 0 unspecified atom stereocenters. The van der Waals surface area contributed by atoms with Crippen LogP contribution < -0.4 is 22.9 Å². The molecule has 14 heteroatoms. The summed E-state index contributed by atoms with van der Waals surface area (Å²) in [7, 11) is 0. The van der Waals surface area contributed by atoms with Gasteiger partial charge in [-0.3, -0.25) is 21.6 Å². The van der Waals surface area contributed by atoms with Crippen molar-refractivity contribution in [1.82, 2.24) is 24.9 Å². The van der Waals surface area contributed by atoms with Gasteiger partial charge in [0.25, 0.3) is 0 Å². The van der Waals surface area contributed by atoms with E-state index in [4.69, 9.17) is 59.0 Å². The number of H-pyrrole nitrogens is 2. The van der Waals surface area contributed by atoms with Crippen LogP contribution in [0.5, 0.6) is 0 Å². The first kappa shape index (κ1) is 37.5. The smallest absolute Gasteiger partial charge is 0.195 e. The van der Waals surface area contributed by atoms with E-state index in [0.29, 0.717) is 34.8 Å². The normalized spacial score (nSPS) is 11.1. The number of aromatic amines is 2. The van der Waals surface area contributed by atoms with Gasteiger partial charge in [0, 0.05) is 45.4 Å². The molecule has 9 aromatic rings. The van der Waals surface area contributed by atoms with Crippen molar-refractivity contribution in [2.75, 3.05) is 0 Å². The Bertz CT molecular complexity index is 2930. The number of nitrogens with zero attached hydrogens (tertiary/aromatic N) is 3. The molecular weight excluding hydrogens is 739 g/mol. The zero-order chi connectivity index (χ0) is 41.2. The van der Waals surface area contributed by atoms with Crippen LogP contribution in [0.1, 0.15) is 33.7 Å². The van der Waals surface area contributed by atoms with Crippen LogP contribution in [0.3, 0.4) is 0 Å². The van der Waals surface area contributed by atoms with E-state index in [0.717, 1.165) is 78.7 Å². The summed E-state index contributed by atoms with van der Waals surface area (Å²) in [5.41, 5.74) is 32.2. The quantitative estimate of drug-likeness (QED) is 0.0500. The van der Waals surface area contributed by atoms with E-state index in [1.165, 1.54) is 0 Å². The summed E-state index contributed by atoms with van der Waals surface area (Å²) >= 11 is 0. The van der Waals surface area contributed by atoms with Gasteiger partial charge in [0.05, 0.1) is 28.3 Å². The molecule has 0 saturated carbocycles. The van der Waals surface area contributed by atoms with E-state index in [1.807, 2.05) is 72.8 Å². The lowest BCUT2D eigenvalue weighted by atomic mass is 10.0. The minimum Gasteiger partial charge on any atom is -0.441 e. The van der Waals surface area contributed by atoms with Crippen molar-refractivity contribution >= 4 is 56.2 Å². The third-order valence-electron chi connectivity index (χ3n) is 9.90. The second-order valence-corrected chi connectivity index (χ2v) is 14.0. The van der Waals surface area contributed by atoms with E-state index < -0.39 is 0 Å². The van der Waals surface area contributed by atoms with Crippen molar-refractivity contribution in [2.45, 2.75) is 12.8 Å². The van der Waals surface area contributed by atoms with Gasteiger partial charge in [0.2, 0.25) is 0 Å². The lowest BCUT2D eigenvalue weighted by Crippen LogP contribution is -2.10. The Morgan fingerprint density at radius 2 is 0.932 bits per heavy atom. The van der Waals surface area contributed by atoms with Crippen molar-refractivity contribution < 1.29 is 4.42 Å². The topological polar surface area (TPSA) is 283 Å². The second-order valence-electron chi connectivity index (χ2n) is 14.0. The maximum atomic E-state index is 7.63. The van der Waals surface area contributed by atoms with Gasteiger partial charge in [0.15, 0.2) is 11.7 Å². The molecule has 0 aliphatic heterocycles. The number of hydrogen-bond donors (Lipinski definition) is 10. The van der Waals surface area contributed by atoms with Crippen molar-refractivity contribution in [1.29, 1.82) is 21.6 Å². The molecule has 3 aromatic heterocycles. The van der Waals surface area contributed by atoms with Crippen molar-refractivity contribution in [3.8, 4) is 34.1 Å². The predicted octanol–water partition coefficient (Wildman–Crippen LogP) is 7.19. The van der Waals surface area contributed by atoms with E-state index in [2.05, 4.69) is 39.2 Å². The van der Waals surface area contributed by atoms with Gasteiger partial charge < -0.3 is 37.3 Å². The number of aryl methyl sites for hydroxylation is 2. The molecule has 0 bridgehead atoms. The molecule has 0 aliphatic rings. The summed E-state index contributed by atoms with van der Waals surface area (Å²) in [5, 5.41) is 32.2. The number of nitrogen functional groups attached to an aromatic ring is 4. The molecule has 14 N–H and O–H groups in total. The third kappa shape index (κ3) is 8.13. The molecule has 0 atom stereocenters. The van der Waals surface area contributed by atoms with Crippen LogP contribution in [0.4, 0.5) is 0 Å². The summed E-state index contributed by atoms with van der Waals surface area (Å²) in [6.45, 7) is 0. The summed E-state index contributed by atoms with van der Waals surface area (Å²) in [6.07, 6.45) is 3.18. The van der Waals surface area contributed by atoms with Gasteiger partial charge in [-0.25, -0.2) is 15.0 Å². The maximum Gasteiger partial charge on any atom is 0.195 e. The summed E-state index contributed by atoms with van der Waals surface area (Å²) in [5.74, 6) is 3.06. The van der Waals surface area contributed by atoms with Gasteiger partial charge in [-0.05, 0) is 71.3 Å². The summed E-state index contributed by atoms with van der Waals surface area (Å²) in [6, 6.07) is 38.3. The van der Waals surface area contributed by atoms with Crippen LogP contribution in [0.25, 0.3) is 66.9 Å². The Morgan fingerprint density at radius 3 is 1.41 bits per heavy atom. The van der Waals surface area contributed by atoms with Crippen molar-refractivity contribution in [3.63, 3.8) is 0 Å². The SMILES string of the molecule is N=C(N)c1ccc(CCc2ncc(-c3ccc(C(=N)N)cc3)o2)cc1.N=C(N)c1ccc2nc(-c3ccc4cc(-c5nc6ccc(C(=N)N)cc6[nH]5)ccc4c3)[nH]c2c1. The van der Waals surface area contributed by atoms with Crippen LogP contribution in [-0.4, -0.2) is 48.3 Å². The average molecular weight is 778 g/mol. The molecule has 0 fully saturated rings. The average Bonchev–Trinajstić information content (AvgIpc) is 4.01. The number of aromatic nitrogens is 5. The summed E-state index contributed by atoms with van der Waals surface area (Å²) < 4.78 is 5.80. The van der Waals surface area contributed by atoms with E-state index in [1.54, 1.807) is 30.5 Å². The van der Waals surface area contributed by atoms with Gasteiger partial charge >= 0.3 is 0 Å². The molecule has 6 aromatic carbocycles. The Kier molecular flexibility index (Phi) is 9.94. The standard InChI is InChI=1S/C26H20N8.C19H19N5O/c27-23(28)15-5-7-19-21(11-15)33-25(31-19)17-3-1-13-9-18(4-2-14(13)10-17)26-32-20-8-6-16(24(29)30)12-22(20)34-26;20-18(21)14-4-1-12(2-5-14)3-10-17-24-11-16(25-17)13-6-8-15(9-7-13)19(22)23/h1-12H,(H3,27,28)(H3,29,30)(H,31,33)(H,32,34);1-2,4-9,11H,3,10H2,(H3,20,21)(H3,22,23). The van der Waals surface area contributed by atoms with Crippen LogP contribution in [0.2, 0.25) is 0 Å². The Morgan fingerprint density at radius 1 is 0.492 bits per heavy atom. The monoisotopic (exact) mass is 777 g/mol. The largest absolute Gasteiger partial charge is 0.441 e. The Balaban J connectivity index is 0.000000173. The third-order valence-corrected chi connectivity index (χ3v) is 9.90. The Hall–Kier alpha value is -8.39. The molecule has 0 spiro atoms. The lowest BCUT2D eigenvalue weighted by Gasteiger charge is -2.04. The fourth-order valence-electron chi connectivity index (χ4n) is 6.64. The predicted molar refractivity (Wildman–Crippen MR) is 234 cm³/mol. The number of nitrogens with one attached hydrogen (secondary N) is 6. The molecule has 0 amide bonds. The van der Waals surface area contributed by atoms with E-state index in [9.17, 15) is 0 Å². The zero-order valence-electron chi connectivity index (χ0n) is 31.6. The van der Waals surface area contributed by atoms with Crippen molar-refractivity contribution in [3.05, 3.63) is 161 Å². The Labute approximate surface area is 337 Å².